The summed E-state index contributed by atoms with van der Waals surface area (Å²) in [5, 5.41) is 12.8. The van der Waals surface area contributed by atoms with Crippen LogP contribution in [0.4, 0.5) is 5.69 Å². The molecule has 3 nitrogen and oxygen atoms in total. The van der Waals surface area contributed by atoms with Crippen LogP contribution in [0.1, 0.15) is 49.7 Å². The molecule has 0 bridgehead atoms. The van der Waals surface area contributed by atoms with Crippen LogP contribution < -0.4 is 10.2 Å². The van der Waals surface area contributed by atoms with E-state index >= 15 is 0 Å². The van der Waals surface area contributed by atoms with Crippen LogP contribution in [0.2, 0.25) is 0 Å². The molecular weight excluding hydrogens is 260 g/mol. The molecule has 1 atom stereocenters. The van der Waals surface area contributed by atoms with Gasteiger partial charge in [0.15, 0.2) is 0 Å². The molecule has 2 aliphatic rings. The molecule has 1 aliphatic heterocycles. The normalized spacial score (nSPS) is 22.0. The van der Waals surface area contributed by atoms with Gasteiger partial charge in [-0.05, 0) is 57.1 Å². The van der Waals surface area contributed by atoms with Crippen molar-refractivity contribution >= 4 is 5.69 Å². The molecule has 116 valence electrons. The first-order valence-corrected chi connectivity index (χ1v) is 8.48. The molecule has 1 saturated carbocycles. The summed E-state index contributed by atoms with van der Waals surface area (Å²) in [4.78, 5) is 2.58. The van der Waals surface area contributed by atoms with Crippen LogP contribution in [-0.4, -0.2) is 30.3 Å². The van der Waals surface area contributed by atoms with Crippen LogP contribution in [0.3, 0.4) is 0 Å². The zero-order valence-corrected chi connectivity index (χ0v) is 13.1. The number of aliphatic hydroxyl groups is 1. The SMILES string of the molecule is Cc1ccc(N2CCCC2CCCO)c(CNC2CC2)c1. The minimum absolute atomic E-state index is 0.314. The Morgan fingerprint density at radius 2 is 2.14 bits per heavy atom. The molecule has 1 unspecified atom stereocenters. The second-order valence-electron chi connectivity index (χ2n) is 6.64. The lowest BCUT2D eigenvalue weighted by Crippen LogP contribution is -2.31. The second kappa shape index (κ2) is 6.80. The van der Waals surface area contributed by atoms with Gasteiger partial charge in [0, 0.05) is 37.5 Å². The number of aliphatic hydroxyl groups excluding tert-OH is 1. The number of rotatable bonds is 7. The number of hydrogen-bond donors (Lipinski definition) is 2. The molecular formula is C18H28N2O. The molecule has 3 heteroatoms. The van der Waals surface area contributed by atoms with Crippen molar-refractivity contribution in [2.45, 2.75) is 64.1 Å². The summed E-state index contributed by atoms with van der Waals surface area (Å²) in [6.07, 6.45) is 7.25. The lowest BCUT2D eigenvalue weighted by Gasteiger charge is -2.29. The number of hydrogen-bond acceptors (Lipinski definition) is 3. The maximum Gasteiger partial charge on any atom is 0.0431 e. The molecule has 0 radical (unpaired) electrons. The van der Waals surface area contributed by atoms with Crippen molar-refractivity contribution in [2.75, 3.05) is 18.1 Å². The quantitative estimate of drug-likeness (QED) is 0.809. The van der Waals surface area contributed by atoms with Crippen molar-refractivity contribution in [1.82, 2.24) is 5.32 Å². The van der Waals surface area contributed by atoms with E-state index in [9.17, 15) is 0 Å². The summed E-state index contributed by atoms with van der Waals surface area (Å²) < 4.78 is 0. The molecule has 1 heterocycles. The van der Waals surface area contributed by atoms with Gasteiger partial charge in [0.25, 0.3) is 0 Å². The summed E-state index contributed by atoms with van der Waals surface area (Å²) >= 11 is 0. The van der Waals surface area contributed by atoms with Gasteiger partial charge >= 0.3 is 0 Å². The predicted octanol–water partition coefficient (Wildman–Crippen LogP) is 2.99. The lowest BCUT2D eigenvalue weighted by atomic mass is 10.0. The van der Waals surface area contributed by atoms with Gasteiger partial charge in [-0.1, -0.05) is 17.7 Å². The maximum absolute atomic E-state index is 9.10. The fourth-order valence-corrected chi connectivity index (χ4v) is 3.46. The zero-order chi connectivity index (χ0) is 14.7. The zero-order valence-electron chi connectivity index (χ0n) is 13.1. The molecule has 1 aromatic carbocycles. The summed E-state index contributed by atoms with van der Waals surface area (Å²) in [6, 6.07) is 8.24. The van der Waals surface area contributed by atoms with E-state index in [0.29, 0.717) is 12.6 Å². The third-order valence-corrected chi connectivity index (χ3v) is 4.78. The number of aryl methyl sites for hydroxylation is 1. The van der Waals surface area contributed by atoms with E-state index in [1.54, 1.807) is 0 Å². The van der Waals surface area contributed by atoms with Crippen molar-refractivity contribution in [3.8, 4) is 0 Å². The minimum Gasteiger partial charge on any atom is -0.396 e. The second-order valence-corrected chi connectivity index (χ2v) is 6.64. The highest BCUT2D eigenvalue weighted by Crippen LogP contribution is 2.32. The highest BCUT2D eigenvalue weighted by molar-refractivity contribution is 5.56. The fourth-order valence-electron chi connectivity index (χ4n) is 3.46. The Hall–Kier alpha value is -1.06. The molecule has 21 heavy (non-hydrogen) atoms. The van der Waals surface area contributed by atoms with Crippen molar-refractivity contribution in [2.24, 2.45) is 0 Å². The average molecular weight is 288 g/mol. The Kier molecular flexibility index (Phi) is 4.81. The van der Waals surface area contributed by atoms with Crippen LogP contribution in [0.5, 0.6) is 0 Å². The van der Waals surface area contributed by atoms with Gasteiger partial charge in [-0.25, -0.2) is 0 Å². The summed E-state index contributed by atoms with van der Waals surface area (Å²) in [7, 11) is 0. The largest absolute Gasteiger partial charge is 0.396 e. The Balaban J connectivity index is 1.75. The first kappa shape index (κ1) is 14.9. The van der Waals surface area contributed by atoms with Crippen LogP contribution >= 0.6 is 0 Å². The number of anilines is 1. The molecule has 3 rings (SSSR count). The molecule has 0 spiro atoms. The number of benzene rings is 1. The molecule has 0 amide bonds. The van der Waals surface area contributed by atoms with Gasteiger partial charge in [0.2, 0.25) is 0 Å². The Labute approximate surface area is 128 Å². The van der Waals surface area contributed by atoms with Gasteiger partial charge in [0.1, 0.15) is 0 Å². The molecule has 2 fully saturated rings. The van der Waals surface area contributed by atoms with E-state index in [4.69, 9.17) is 5.11 Å². The smallest absolute Gasteiger partial charge is 0.0431 e. The van der Waals surface area contributed by atoms with Crippen molar-refractivity contribution in [1.29, 1.82) is 0 Å². The first-order valence-electron chi connectivity index (χ1n) is 8.48. The Morgan fingerprint density at radius 3 is 2.90 bits per heavy atom. The van der Waals surface area contributed by atoms with E-state index in [1.165, 1.54) is 42.5 Å². The summed E-state index contributed by atoms with van der Waals surface area (Å²) in [6.45, 7) is 4.65. The molecule has 0 aromatic heterocycles. The Morgan fingerprint density at radius 1 is 1.29 bits per heavy atom. The summed E-state index contributed by atoms with van der Waals surface area (Å²) in [5.41, 5.74) is 4.20. The van der Waals surface area contributed by atoms with Crippen LogP contribution in [0.25, 0.3) is 0 Å². The van der Waals surface area contributed by atoms with E-state index < -0.39 is 0 Å². The third kappa shape index (κ3) is 3.78. The van der Waals surface area contributed by atoms with Gasteiger partial charge in [-0.2, -0.15) is 0 Å². The third-order valence-electron chi connectivity index (χ3n) is 4.78. The molecule has 1 aromatic rings. The van der Waals surface area contributed by atoms with Gasteiger partial charge in [-0.3, -0.25) is 0 Å². The van der Waals surface area contributed by atoms with Gasteiger partial charge in [0.05, 0.1) is 0 Å². The van der Waals surface area contributed by atoms with Crippen molar-refractivity contribution in [3.05, 3.63) is 29.3 Å². The number of nitrogens with zero attached hydrogens (tertiary/aromatic N) is 1. The summed E-state index contributed by atoms with van der Waals surface area (Å²) in [5.74, 6) is 0. The van der Waals surface area contributed by atoms with E-state index in [2.05, 4.69) is 35.3 Å². The molecule has 1 saturated heterocycles. The average Bonchev–Trinajstić information content (AvgIpc) is 3.20. The van der Waals surface area contributed by atoms with Crippen LogP contribution in [-0.2, 0) is 6.54 Å². The van der Waals surface area contributed by atoms with Gasteiger partial charge < -0.3 is 15.3 Å². The monoisotopic (exact) mass is 288 g/mol. The minimum atomic E-state index is 0.314. The highest BCUT2D eigenvalue weighted by Gasteiger charge is 2.26. The lowest BCUT2D eigenvalue weighted by molar-refractivity contribution is 0.279. The van der Waals surface area contributed by atoms with Crippen LogP contribution in [0.15, 0.2) is 18.2 Å². The number of nitrogens with one attached hydrogen (secondary N) is 1. The molecule has 2 N–H and O–H groups in total. The van der Waals surface area contributed by atoms with Crippen LogP contribution in [0, 0.1) is 6.92 Å². The van der Waals surface area contributed by atoms with E-state index in [1.807, 2.05) is 0 Å². The van der Waals surface area contributed by atoms with E-state index in [-0.39, 0.29) is 0 Å². The standard InChI is InChI=1S/C18H28N2O/c1-14-6-9-18(15(12-14)13-19-16-7-8-16)20-10-2-4-17(20)5-3-11-21/h6,9,12,16-17,19,21H,2-5,7-8,10-11,13H2,1H3. The van der Waals surface area contributed by atoms with Gasteiger partial charge in [-0.15, -0.1) is 0 Å². The fraction of sp³-hybridized carbons (Fsp3) is 0.667. The molecule has 1 aliphatic carbocycles. The topological polar surface area (TPSA) is 35.5 Å². The Bertz CT molecular complexity index is 470. The maximum atomic E-state index is 9.10. The first-order chi connectivity index (χ1) is 10.3. The van der Waals surface area contributed by atoms with Crippen molar-refractivity contribution in [3.63, 3.8) is 0 Å². The predicted molar refractivity (Wildman–Crippen MR) is 87.7 cm³/mol. The van der Waals surface area contributed by atoms with E-state index in [0.717, 1.165) is 32.0 Å². The highest BCUT2D eigenvalue weighted by atomic mass is 16.2. The van der Waals surface area contributed by atoms with Crippen molar-refractivity contribution < 1.29 is 5.11 Å².